The SMILES string of the molecule is CNCc1ccnn1Cc1ccc(Cl)cc1Cl. The summed E-state index contributed by atoms with van der Waals surface area (Å²) in [4.78, 5) is 0. The molecule has 17 heavy (non-hydrogen) atoms. The minimum absolute atomic E-state index is 0.648. The van der Waals surface area contributed by atoms with Gasteiger partial charge in [0.2, 0.25) is 0 Å². The molecule has 0 saturated carbocycles. The fourth-order valence-electron chi connectivity index (χ4n) is 1.64. The van der Waals surface area contributed by atoms with Crippen LogP contribution in [0.5, 0.6) is 0 Å². The molecule has 2 rings (SSSR count). The van der Waals surface area contributed by atoms with Gasteiger partial charge in [-0.05, 0) is 30.8 Å². The van der Waals surface area contributed by atoms with Crippen LogP contribution in [0.15, 0.2) is 30.5 Å². The Bertz CT molecular complexity index is 508. The first kappa shape index (κ1) is 12.4. The molecule has 0 atom stereocenters. The number of aromatic nitrogens is 2. The highest BCUT2D eigenvalue weighted by Crippen LogP contribution is 2.21. The topological polar surface area (TPSA) is 29.9 Å². The van der Waals surface area contributed by atoms with E-state index < -0.39 is 0 Å². The molecule has 0 saturated heterocycles. The number of hydrogen-bond acceptors (Lipinski definition) is 2. The van der Waals surface area contributed by atoms with Crippen molar-refractivity contribution in [2.45, 2.75) is 13.1 Å². The molecule has 1 heterocycles. The summed E-state index contributed by atoms with van der Waals surface area (Å²) in [6, 6.07) is 7.50. The van der Waals surface area contributed by atoms with Gasteiger partial charge in [0, 0.05) is 22.8 Å². The predicted molar refractivity (Wildman–Crippen MR) is 70.6 cm³/mol. The first-order valence-electron chi connectivity index (χ1n) is 5.30. The zero-order chi connectivity index (χ0) is 12.3. The molecule has 2 aromatic rings. The smallest absolute Gasteiger partial charge is 0.0677 e. The molecule has 1 aromatic heterocycles. The van der Waals surface area contributed by atoms with E-state index in [0.29, 0.717) is 16.6 Å². The van der Waals surface area contributed by atoms with Crippen LogP contribution in [0.3, 0.4) is 0 Å². The van der Waals surface area contributed by atoms with Gasteiger partial charge < -0.3 is 5.32 Å². The van der Waals surface area contributed by atoms with E-state index in [0.717, 1.165) is 17.8 Å². The van der Waals surface area contributed by atoms with E-state index in [1.165, 1.54) is 0 Å². The second kappa shape index (κ2) is 5.54. The Morgan fingerprint density at radius 2 is 2.12 bits per heavy atom. The monoisotopic (exact) mass is 269 g/mol. The maximum Gasteiger partial charge on any atom is 0.0677 e. The Balaban J connectivity index is 2.22. The third-order valence-corrected chi connectivity index (χ3v) is 3.08. The lowest BCUT2D eigenvalue weighted by Crippen LogP contribution is -2.13. The van der Waals surface area contributed by atoms with Crippen LogP contribution in [0.1, 0.15) is 11.3 Å². The van der Waals surface area contributed by atoms with Crippen molar-refractivity contribution in [1.29, 1.82) is 0 Å². The van der Waals surface area contributed by atoms with Gasteiger partial charge in [-0.25, -0.2) is 0 Å². The lowest BCUT2D eigenvalue weighted by atomic mass is 10.2. The van der Waals surface area contributed by atoms with E-state index in [1.54, 1.807) is 12.3 Å². The number of nitrogens with zero attached hydrogens (tertiary/aromatic N) is 2. The maximum absolute atomic E-state index is 6.13. The molecule has 90 valence electrons. The maximum atomic E-state index is 6.13. The summed E-state index contributed by atoms with van der Waals surface area (Å²) in [5.74, 6) is 0. The van der Waals surface area contributed by atoms with E-state index in [1.807, 2.05) is 29.9 Å². The minimum Gasteiger partial charge on any atom is -0.314 e. The van der Waals surface area contributed by atoms with Gasteiger partial charge in [-0.3, -0.25) is 4.68 Å². The van der Waals surface area contributed by atoms with Gasteiger partial charge >= 0.3 is 0 Å². The summed E-state index contributed by atoms with van der Waals surface area (Å²) in [5, 5.41) is 8.70. The zero-order valence-corrected chi connectivity index (χ0v) is 11.0. The summed E-state index contributed by atoms with van der Waals surface area (Å²) >= 11 is 12.0. The van der Waals surface area contributed by atoms with Crippen molar-refractivity contribution in [2.75, 3.05) is 7.05 Å². The number of halogens is 2. The Hall–Kier alpha value is -1.03. The number of hydrogen-bond donors (Lipinski definition) is 1. The highest BCUT2D eigenvalue weighted by atomic mass is 35.5. The molecular weight excluding hydrogens is 257 g/mol. The largest absolute Gasteiger partial charge is 0.314 e. The molecule has 0 spiro atoms. The normalized spacial score (nSPS) is 10.8. The first-order valence-corrected chi connectivity index (χ1v) is 6.05. The zero-order valence-electron chi connectivity index (χ0n) is 9.45. The molecular formula is C12H13Cl2N3. The Morgan fingerprint density at radius 1 is 1.29 bits per heavy atom. The quantitative estimate of drug-likeness (QED) is 0.925. The molecule has 5 heteroatoms. The second-order valence-corrected chi connectivity index (χ2v) is 4.59. The summed E-state index contributed by atoms with van der Waals surface area (Å²) in [5.41, 5.74) is 2.13. The molecule has 0 amide bonds. The molecule has 1 N–H and O–H groups in total. The van der Waals surface area contributed by atoms with Gasteiger partial charge in [0.1, 0.15) is 0 Å². The number of rotatable bonds is 4. The number of nitrogens with one attached hydrogen (secondary N) is 1. The molecule has 0 aliphatic heterocycles. The van der Waals surface area contributed by atoms with Crippen LogP contribution >= 0.6 is 23.2 Å². The van der Waals surface area contributed by atoms with E-state index in [2.05, 4.69) is 10.4 Å². The van der Waals surface area contributed by atoms with E-state index >= 15 is 0 Å². The van der Waals surface area contributed by atoms with Crippen molar-refractivity contribution >= 4 is 23.2 Å². The summed E-state index contributed by atoms with van der Waals surface area (Å²) in [6.07, 6.45) is 1.79. The van der Waals surface area contributed by atoms with Crippen LogP contribution in [0, 0.1) is 0 Å². The van der Waals surface area contributed by atoms with E-state index in [4.69, 9.17) is 23.2 Å². The van der Waals surface area contributed by atoms with Gasteiger partial charge in [0.15, 0.2) is 0 Å². The van der Waals surface area contributed by atoms with Crippen molar-refractivity contribution in [3.8, 4) is 0 Å². The molecule has 0 unspecified atom stereocenters. The lowest BCUT2D eigenvalue weighted by Gasteiger charge is -2.09. The molecule has 0 aliphatic rings. The van der Waals surface area contributed by atoms with Crippen LogP contribution in [0.25, 0.3) is 0 Å². The summed E-state index contributed by atoms with van der Waals surface area (Å²) in [7, 11) is 1.91. The third-order valence-electron chi connectivity index (χ3n) is 2.50. The van der Waals surface area contributed by atoms with Gasteiger partial charge in [-0.2, -0.15) is 5.10 Å². The average Bonchev–Trinajstić information content (AvgIpc) is 2.71. The molecule has 1 aromatic carbocycles. The summed E-state index contributed by atoms with van der Waals surface area (Å²) in [6.45, 7) is 1.44. The van der Waals surface area contributed by atoms with E-state index in [9.17, 15) is 0 Å². The van der Waals surface area contributed by atoms with Gasteiger partial charge in [-0.1, -0.05) is 29.3 Å². The van der Waals surface area contributed by atoms with Crippen LogP contribution in [-0.4, -0.2) is 16.8 Å². The molecule has 0 fully saturated rings. The lowest BCUT2D eigenvalue weighted by molar-refractivity contribution is 0.622. The van der Waals surface area contributed by atoms with Crippen LogP contribution in [0.4, 0.5) is 0 Å². The standard InChI is InChI=1S/C12H13Cl2N3/c1-15-7-11-4-5-16-17(11)8-9-2-3-10(13)6-12(9)14/h2-6,15H,7-8H2,1H3. The highest BCUT2D eigenvalue weighted by Gasteiger charge is 2.06. The molecule has 3 nitrogen and oxygen atoms in total. The Kier molecular flexibility index (Phi) is 4.05. The summed E-state index contributed by atoms with van der Waals surface area (Å²) < 4.78 is 1.92. The fourth-order valence-corrected chi connectivity index (χ4v) is 2.11. The van der Waals surface area contributed by atoms with Crippen LogP contribution in [0.2, 0.25) is 10.0 Å². The fraction of sp³-hybridized carbons (Fsp3) is 0.250. The van der Waals surface area contributed by atoms with Crippen molar-refractivity contribution in [3.63, 3.8) is 0 Å². The average molecular weight is 270 g/mol. The third kappa shape index (κ3) is 3.00. The predicted octanol–water partition coefficient (Wildman–Crippen LogP) is 2.96. The van der Waals surface area contributed by atoms with E-state index in [-0.39, 0.29) is 0 Å². The van der Waals surface area contributed by atoms with Crippen molar-refractivity contribution in [3.05, 3.63) is 51.8 Å². The van der Waals surface area contributed by atoms with Crippen LogP contribution in [-0.2, 0) is 13.1 Å². The van der Waals surface area contributed by atoms with Gasteiger partial charge in [-0.15, -0.1) is 0 Å². The highest BCUT2D eigenvalue weighted by molar-refractivity contribution is 6.35. The molecule has 0 bridgehead atoms. The Morgan fingerprint density at radius 3 is 2.82 bits per heavy atom. The molecule has 0 radical (unpaired) electrons. The minimum atomic E-state index is 0.648. The first-order chi connectivity index (χ1) is 8.20. The van der Waals surface area contributed by atoms with Crippen molar-refractivity contribution < 1.29 is 0 Å². The number of benzene rings is 1. The van der Waals surface area contributed by atoms with Gasteiger partial charge in [0.05, 0.1) is 12.2 Å². The van der Waals surface area contributed by atoms with Crippen molar-refractivity contribution in [2.24, 2.45) is 0 Å². The Labute approximate surface area is 110 Å². The van der Waals surface area contributed by atoms with Crippen LogP contribution < -0.4 is 5.32 Å². The van der Waals surface area contributed by atoms with Crippen molar-refractivity contribution in [1.82, 2.24) is 15.1 Å². The molecule has 0 aliphatic carbocycles. The van der Waals surface area contributed by atoms with Gasteiger partial charge in [0.25, 0.3) is 0 Å². The second-order valence-electron chi connectivity index (χ2n) is 3.75.